The third-order valence-corrected chi connectivity index (χ3v) is 5.46. The van der Waals surface area contributed by atoms with Gasteiger partial charge in [-0.1, -0.05) is 23.2 Å². The molecule has 7 heteroatoms. The van der Waals surface area contributed by atoms with Gasteiger partial charge in [0.1, 0.15) is 11.1 Å². The van der Waals surface area contributed by atoms with E-state index in [1.165, 1.54) is 17.3 Å². The lowest BCUT2D eigenvalue weighted by molar-refractivity contribution is -0.115. The summed E-state index contributed by atoms with van der Waals surface area (Å²) in [4.78, 5) is 16.7. The van der Waals surface area contributed by atoms with Gasteiger partial charge in [-0.05, 0) is 49.1 Å². The summed E-state index contributed by atoms with van der Waals surface area (Å²) in [6, 6.07) is 9.06. The number of aryl methyl sites for hydroxylation is 2. The minimum atomic E-state index is -0.156. The number of benzene rings is 1. The van der Waals surface area contributed by atoms with Crippen molar-refractivity contribution in [1.82, 2.24) is 4.98 Å². The van der Waals surface area contributed by atoms with E-state index in [-0.39, 0.29) is 12.3 Å². The van der Waals surface area contributed by atoms with Crippen molar-refractivity contribution in [2.24, 2.45) is 0 Å². The molecule has 1 heterocycles. The molecule has 2 aromatic rings. The van der Waals surface area contributed by atoms with Crippen LogP contribution in [0.25, 0.3) is 0 Å². The molecule has 0 fully saturated rings. The molecule has 1 aliphatic rings. The fraction of sp³-hybridized carbons (Fsp3) is 0.278. The fourth-order valence-electron chi connectivity index (χ4n) is 2.69. The summed E-state index contributed by atoms with van der Waals surface area (Å²) in [5.41, 5.74) is 3.34. The molecule has 0 atom stereocenters. The number of rotatable bonds is 5. The van der Waals surface area contributed by atoms with E-state index in [1.807, 2.05) is 6.07 Å². The van der Waals surface area contributed by atoms with E-state index in [4.69, 9.17) is 23.2 Å². The van der Waals surface area contributed by atoms with E-state index in [1.54, 1.807) is 18.2 Å². The summed E-state index contributed by atoms with van der Waals surface area (Å²) >= 11 is 13.4. The topological polar surface area (TPSA) is 65.8 Å². The normalized spacial score (nSPS) is 12.5. The molecular weight excluding hydrogens is 377 g/mol. The lowest BCUT2D eigenvalue weighted by Gasteiger charge is -2.09. The monoisotopic (exact) mass is 391 g/mol. The van der Waals surface area contributed by atoms with Crippen molar-refractivity contribution >= 4 is 46.6 Å². The predicted octanol–water partition coefficient (Wildman–Crippen LogP) is 4.87. The number of nitrogens with zero attached hydrogens (tertiary/aromatic N) is 2. The Kier molecular flexibility index (Phi) is 5.85. The number of nitriles is 1. The number of hydrogen-bond acceptors (Lipinski definition) is 4. The third-order valence-electron chi connectivity index (χ3n) is 3.91. The minimum Gasteiger partial charge on any atom is -0.325 e. The maximum Gasteiger partial charge on any atom is 0.225 e. The highest BCUT2D eigenvalue weighted by atomic mass is 35.5. The van der Waals surface area contributed by atoms with Crippen molar-refractivity contribution in [2.75, 3.05) is 11.1 Å². The van der Waals surface area contributed by atoms with Gasteiger partial charge in [-0.3, -0.25) is 4.79 Å². The number of halogens is 2. The highest BCUT2D eigenvalue weighted by Gasteiger charge is 2.17. The van der Waals surface area contributed by atoms with Crippen LogP contribution in [-0.4, -0.2) is 16.6 Å². The molecule has 0 unspecified atom stereocenters. The molecule has 0 spiro atoms. The second-order valence-electron chi connectivity index (χ2n) is 5.68. The standard InChI is InChI=1S/C18H15Cl2N3OS/c19-13-4-5-14(20)16(9-13)22-17(24)6-7-25-18-12(10-21)8-11-2-1-3-15(11)23-18/h4-5,8-9H,1-3,6-7H2,(H,22,24). The van der Waals surface area contributed by atoms with Crippen LogP contribution in [0.1, 0.15) is 29.7 Å². The summed E-state index contributed by atoms with van der Waals surface area (Å²) in [6.45, 7) is 0. The molecule has 1 N–H and O–H groups in total. The number of pyridine rings is 1. The van der Waals surface area contributed by atoms with Gasteiger partial charge < -0.3 is 5.32 Å². The van der Waals surface area contributed by atoms with Gasteiger partial charge in [0.25, 0.3) is 0 Å². The first-order valence-corrected chi connectivity index (χ1v) is 9.61. The fourth-order valence-corrected chi connectivity index (χ4v) is 3.94. The lowest BCUT2D eigenvalue weighted by atomic mass is 10.2. The molecule has 0 aliphatic heterocycles. The largest absolute Gasteiger partial charge is 0.325 e. The Morgan fingerprint density at radius 1 is 1.32 bits per heavy atom. The third kappa shape index (κ3) is 4.46. The Bertz CT molecular complexity index is 864. The average molecular weight is 392 g/mol. The number of thioether (sulfide) groups is 1. The van der Waals surface area contributed by atoms with E-state index < -0.39 is 0 Å². The summed E-state index contributed by atoms with van der Waals surface area (Å²) < 4.78 is 0. The van der Waals surface area contributed by atoms with Crippen LogP contribution in [0.3, 0.4) is 0 Å². The summed E-state index contributed by atoms with van der Waals surface area (Å²) in [5, 5.41) is 13.7. The van der Waals surface area contributed by atoms with Gasteiger partial charge in [0, 0.05) is 22.9 Å². The number of hydrogen-bond donors (Lipinski definition) is 1. The van der Waals surface area contributed by atoms with Gasteiger partial charge in [0.2, 0.25) is 5.91 Å². The van der Waals surface area contributed by atoms with Crippen molar-refractivity contribution < 1.29 is 4.79 Å². The first-order valence-electron chi connectivity index (χ1n) is 7.87. The van der Waals surface area contributed by atoms with Crippen LogP contribution in [0.15, 0.2) is 29.3 Å². The summed E-state index contributed by atoms with van der Waals surface area (Å²) in [5.74, 6) is 0.376. The zero-order chi connectivity index (χ0) is 17.8. The number of carbonyl (C=O) groups is 1. The number of fused-ring (bicyclic) bond motifs is 1. The molecule has 25 heavy (non-hydrogen) atoms. The number of amides is 1. The molecule has 0 saturated heterocycles. The van der Waals surface area contributed by atoms with Crippen LogP contribution in [0, 0.1) is 11.3 Å². The maximum absolute atomic E-state index is 12.1. The molecule has 1 aromatic heterocycles. The Labute approximate surface area is 160 Å². The zero-order valence-corrected chi connectivity index (χ0v) is 15.6. The Balaban J connectivity index is 1.59. The maximum atomic E-state index is 12.1. The predicted molar refractivity (Wildman–Crippen MR) is 101 cm³/mol. The highest BCUT2D eigenvalue weighted by Crippen LogP contribution is 2.29. The van der Waals surface area contributed by atoms with Crippen LogP contribution in [-0.2, 0) is 17.6 Å². The zero-order valence-electron chi connectivity index (χ0n) is 13.3. The SMILES string of the molecule is N#Cc1cc2c(nc1SCCC(=O)Nc1cc(Cl)ccc1Cl)CCC2. The van der Waals surface area contributed by atoms with E-state index in [2.05, 4.69) is 16.4 Å². The van der Waals surface area contributed by atoms with Gasteiger partial charge in [-0.25, -0.2) is 4.98 Å². The van der Waals surface area contributed by atoms with Crippen molar-refractivity contribution in [2.45, 2.75) is 30.7 Å². The first kappa shape index (κ1) is 18.1. The molecule has 4 nitrogen and oxygen atoms in total. The highest BCUT2D eigenvalue weighted by molar-refractivity contribution is 7.99. The number of aromatic nitrogens is 1. The minimum absolute atomic E-state index is 0.156. The Morgan fingerprint density at radius 2 is 2.16 bits per heavy atom. The average Bonchev–Trinajstić information content (AvgIpc) is 3.04. The molecule has 0 radical (unpaired) electrons. The Morgan fingerprint density at radius 3 is 2.96 bits per heavy atom. The van der Waals surface area contributed by atoms with Crippen LogP contribution in [0.4, 0.5) is 5.69 Å². The van der Waals surface area contributed by atoms with E-state index in [9.17, 15) is 10.1 Å². The molecule has 0 bridgehead atoms. The van der Waals surface area contributed by atoms with Gasteiger partial charge >= 0.3 is 0 Å². The molecule has 3 rings (SSSR count). The number of anilines is 1. The van der Waals surface area contributed by atoms with Crippen molar-refractivity contribution in [3.8, 4) is 6.07 Å². The first-order chi connectivity index (χ1) is 12.1. The van der Waals surface area contributed by atoms with Crippen LogP contribution < -0.4 is 5.32 Å². The van der Waals surface area contributed by atoms with Gasteiger partial charge in [0.15, 0.2) is 0 Å². The Hall–Kier alpha value is -1.74. The second kappa shape index (κ2) is 8.09. The molecule has 0 saturated carbocycles. The van der Waals surface area contributed by atoms with Crippen LogP contribution in [0.2, 0.25) is 10.0 Å². The van der Waals surface area contributed by atoms with Gasteiger partial charge in [-0.15, -0.1) is 11.8 Å². The quantitative estimate of drug-likeness (QED) is 0.738. The lowest BCUT2D eigenvalue weighted by Crippen LogP contribution is -2.12. The van der Waals surface area contributed by atoms with Crippen LogP contribution in [0.5, 0.6) is 0 Å². The summed E-state index contributed by atoms with van der Waals surface area (Å²) in [6.07, 6.45) is 3.33. The van der Waals surface area contributed by atoms with E-state index in [0.29, 0.717) is 32.1 Å². The molecular formula is C18H15Cl2N3OS. The van der Waals surface area contributed by atoms with Crippen molar-refractivity contribution in [3.05, 3.63) is 51.1 Å². The van der Waals surface area contributed by atoms with Crippen LogP contribution >= 0.6 is 35.0 Å². The van der Waals surface area contributed by atoms with E-state index >= 15 is 0 Å². The molecule has 128 valence electrons. The number of carbonyl (C=O) groups excluding carboxylic acids is 1. The van der Waals surface area contributed by atoms with Gasteiger partial charge in [-0.2, -0.15) is 5.26 Å². The van der Waals surface area contributed by atoms with Crippen molar-refractivity contribution in [1.29, 1.82) is 5.26 Å². The molecule has 1 aliphatic carbocycles. The molecule has 1 amide bonds. The van der Waals surface area contributed by atoms with Gasteiger partial charge in [0.05, 0.1) is 16.3 Å². The van der Waals surface area contributed by atoms with E-state index in [0.717, 1.165) is 25.0 Å². The second-order valence-corrected chi connectivity index (χ2v) is 7.61. The smallest absolute Gasteiger partial charge is 0.225 e. The number of nitrogens with one attached hydrogen (secondary N) is 1. The van der Waals surface area contributed by atoms with Crippen molar-refractivity contribution in [3.63, 3.8) is 0 Å². The molecule has 1 aromatic carbocycles. The summed E-state index contributed by atoms with van der Waals surface area (Å²) in [7, 11) is 0.